The van der Waals surface area contributed by atoms with Crippen molar-refractivity contribution in [3.63, 3.8) is 0 Å². The lowest BCUT2D eigenvalue weighted by Crippen LogP contribution is -2.46. The number of carbonyl (C=O) groups excluding carboxylic acids is 1. The maximum Gasteiger partial charge on any atom is 0.337 e. The molecule has 7 nitrogen and oxygen atoms in total. The van der Waals surface area contributed by atoms with E-state index in [1.54, 1.807) is 24.3 Å². The second kappa shape index (κ2) is 10.9. The molecule has 1 atom stereocenters. The van der Waals surface area contributed by atoms with Crippen LogP contribution in [0.2, 0.25) is 0 Å². The van der Waals surface area contributed by atoms with E-state index < -0.39 is 16.0 Å². The van der Waals surface area contributed by atoms with Crippen molar-refractivity contribution in [3.8, 4) is 0 Å². The van der Waals surface area contributed by atoms with Crippen molar-refractivity contribution in [2.24, 2.45) is 0 Å². The number of hydrogen-bond donors (Lipinski definition) is 1. The predicted molar refractivity (Wildman–Crippen MR) is 121 cm³/mol. The molecule has 0 amide bonds. The third-order valence-electron chi connectivity index (χ3n) is 5.69. The zero-order chi connectivity index (χ0) is 22.3. The number of nitrogens with one attached hydrogen (secondary N) is 1. The molecule has 1 aliphatic heterocycles. The molecule has 0 aliphatic carbocycles. The Bertz CT molecular complexity index is 941. The van der Waals surface area contributed by atoms with Crippen LogP contribution in [-0.2, 0) is 21.3 Å². The Balaban J connectivity index is 1.60. The molecule has 0 spiro atoms. The number of rotatable bonds is 9. The molecule has 31 heavy (non-hydrogen) atoms. The number of esters is 1. The number of benzene rings is 2. The fourth-order valence-corrected chi connectivity index (χ4v) is 4.84. The second-order valence-corrected chi connectivity index (χ2v) is 9.81. The molecular weight excluding hydrogens is 414 g/mol. The van der Waals surface area contributed by atoms with Crippen LogP contribution in [0.4, 0.5) is 0 Å². The number of nitrogens with zero attached hydrogens (tertiary/aromatic N) is 2. The van der Waals surface area contributed by atoms with Gasteiger partial charge in [-0.05, 0) is 36.7 Å². The van der Waals surface area contributed by atoms with Crippen LogP contribution >= 0.6 is 0 Å². The fraction of sp³-hybridized carbons (Fsp3) is 0.435. The largest absolute Gasteiger partial charge is 0.465 e. The number of likely N-dealkylation sites (N-methyl/N-ethyl adjacent to an activating group) is 1. The van der Waals surface area contributed by atoms with Crippen LogP contribution in [0.5, 0.6) is 0 Å². The topological polar surface area (TPSA) is 78.9 Å². The zero-order valence-electron chi connectivity index (χ0n) is 18.2. The van der Waals surface area contributed by atoms with Crippen LogP contribution in [0.1, 0.15) is 33.9 Å². The van der Waals surface area contributed by atoms with Gasteiger partial charge in [0.15, 0.2) is 0 Å². The monoisotopic (exact) mass is 445 g/mol. The predicted octanol–water partition coefficient (Wildman–Crippen LogP) is 2.27. The molecule has 1 unspecified atom stereocenters. The molecule has 8 heteroatoms. The molecule has 0 bridgehead atoms. The van der Waals surface area contributed by atoms with E-state index in [1.807, 2.05) is 18.2 Å². The molecule has 1 heterocycles. The quantitative estimate of drug-likeness (QED) is 0.597. The van der Waals surface area contributed by atoms with E-state index in [0.717, 1.165) is 37.3 Å². The molecule has 0 aromatic heterocycles. The first-order valence-electron chi connectivity index (χ1n) is 10.5. The third-order valence-corrected chi connectivity index (χ3v) is 7.05. The normalized spacial score (nSPS) is 16.7. The van der Waals surface area contributed by atoms with Gasteiger partial charge in [-0.25, -0.2) is 17.9 Å². The summed E-state index contributed by atoms with van der Waals surface area (Å²) in [4.78, 5) is 16.2. The van der Waals surface area contributed by atoms with Crippen molar-refractivity contribution in [1.29, 1.82) is 0 Å². The molecule has 168 valence electrons. The van der Waals surface area contributed by atoms with Gasteiger partial charge < -0.3 is 9.64 Å². The van der Waals surface area contributed by atoms with Crippen molar-refractivity contribution in [1.82, 2.24) is 14.5 Å². The molecule has 2 aromatic rings. The van der Waals surface area contributed by atoms with Gasteiger partial charge in [-0.2, -0.15) is 0 Å². The van der Waals surface area contributed by atoms with Crippen LogP contribution in [0.25, 0.3) is 0 Å². The summed E-state index contributed by atoms with van der Waals surface area (Å²) in [5.74, 6) is -0.359. The molecule has 2 aromatic carbocycles. The summed E-state index contributed by atoms with van der Waals surface area (Å²) in [5, 5.41) is 0. The van der Waals surface area contributed by atoms with Gasteiger partial charge in [0.1, 0.15) is 0 Å². The minimum Gasteiger partial charge on any atom is -0.465 e. The molecule has 1 saturated heterocycles. The summed E-state index contributed by atoms with van der Waals surface area (Å²) in [5.41, 5.74) is 2.38. The number of hydrogen-bond acceptors (Lipinski definition) is 6. The lowest BCUT2D eigenvalue weighted by Gasteiger charge is -2.38. The average Bonchev–Trinajstić information content (AvgIpc) is 2.79. The van der Waals surface area contributed by atoms with Gasteiger partial charge in [-0.3, -0.25) is 4.90 Å². The molecule has 0 radical (unpaired) electrons. The molecule has 1 N–H and O–H groups in total. The SMILES string of the molecule is COC(=O)c1ccc(CNS(=O)(=O)CCC(c2ccccc2)N2CCN(C)CC2)cc1. The number of sulfonamides is 1. The maximum absolute atomic E-state index is 12.7. The maximum atomic E-state index is 12.7. The van der Waals surface area contributed by atoms with E-state index in [0.29, 0.717) is 12.0 Å². The van der Waals surface area contributed by atoms with E-state index in [2.05, 4.69) is 38.4 Å². The Hall–Kier alpha value is -2.26. The van der Waals surface area contributed by atoms with Crippen LogP contribution in [0, 0.1) is 0 Å². The van der Waals surface area contributed by atoms with Crippen LogP contribution in [-0.4, -0.2) is 70.3 Å². The lowest BCUT2D eigenvalue weighted by atomic mass is 10.0. The zero-order valence-corrected chi connectivity index (χ0v) is 19.0. The van der Waals surface area contributed by atoms with Gasteiger partial charge >= 0.3 is 5.97 Å². The van der Waals surface area contributed by atoms with Crippen molar-refractivity contribution in [2.45, 2.75) is 19.0 Å². The van der Waals surface area contributed by atoms with Gasteiger partial charge in [0.2, 0.25) is 10.0 Å². The van der Waals surface area contributed by atoms with E-state index in [-0.39, 0.29) is 18.3 Å². The molecular formula is C23H31N3O4S. The summed E-state index contributed by atoms with van der Waals surface area (Å²) in [7, 11) is -0.00144. The molecule has 0 saturated carbocycles. The first-order valence-corrected chi connectivity index (χ1v) is 12.2. The summed E-state index contributed by atoms with van der Waals surface area (Å²) in [6.07, 6.45) is 0.532. The lowest BCUT2D eigenvalue weighted by molar-refractivity contribution is 0.0600. The van der Waals surface area contributed by atoms with Crippen molar-refractivity contribution in [2.75, 3.05) is 46.1 Å². The van der Waals surface area contributed by atoms with E-state index in [4.69, 9.17) is 0 Å². The van der Waals surface area contributed by atoms with E-state index >= 15 is 0 Å². The minimum absolute atomic E-state index is 0.0547. The van der Waals surface area contributed by atoms with Crippen LogP contribution in [0.15, 0.2) is 54.6 Å². The van der Waals surface area contributed by atoms with Gasteiger partial charge in [0, 0.05) is 38.8 Å². The first kappa shape index (κ1) is 23.4. The van der Waals surface area contributed by atoms with Crippen molar-refractivity contribution < 1.29 is 17.9 Å². The average molecular weight is 446 g/mol. The Morgan fingerprint density at radius 1 is 1.03 bits per heavy atom. The van der Waals surface area contributed by atoms with E-state index in [1.165, 1.54) is 7.11 Å². The summed E-state index contributed by atoms with van der Waals surface area (Å²) in [6.45, 7) is 4.01. The Morgan fingerprint density at radius 2 is 1.68 bits per heavy atom. The third kappa shape index (κ3) is 6.87. The Labute approximate surface area is 185 Å². The highest BCUT2D eigenvalue weighted by atomic mass is 32.2. The van der Waals surface area contributed by atoms with Gasteiger partial charge in [-0.1, -0.05) is 42.5 Å². The van der Waals surface area contributed by atoms with Gasteiger partial charge in [0.25, 0.3) is 0 Å². The highest BCUT2D eigenvalue weighted by Crippen LogP contribution is 2.26. The summed E-state index contributed by atoms with van der Waals surface area (Å²) < 4.78 is 32.7. The summed E-state index contributed by atoms with van der Waals surface area (Å²) >= 11 is 0. The number of methoxy groups -OCH3 is 1. The fourth-order valence-electron chi connectivity index (χ4n) is 3.78. The van der Waals surface area contributed by atoms with Gasteiger partial charge in [-0.15, -0.1) is 0 Å². The van der Waals surface area contributed by atoms with Crippen molar-refractivity contribution >= 4 is 16.0 Å². The van der Waals surface area contributed by atoms with Crippen LogP contribution in [0.3, 0.4) is 0 Å². The van der Waals surface area contributed by atoms with Gasteiger partial charge in [0.05, 0.1) is 18.4 Å². The first-order chi connectivity index (χ1) is 14.9. The smallest absolute Gasteiger partial charge is 0.337 e. The van der Waals surface area contributed by atoms with Crippen molar-refractivity contribution in [3.05, 3.63) is 71.3 Å². The Morgan fingerprint density at radius 3 is 2.29 bits per heavy atom. The Kier molecular flexibility index (Phi) is 8.20. The highest BCUT2D eigenvalue weighted by Gasteiger charge is 2.25. The van der Waals surface area contributed by atoms with Crippen LogP contribution < -0.4 is 4.72 Å². The second-order valence-electron chi connectivity index (χ2n) is 7.88. The molecule has 1 fully saturated rings. The van der Waals surface area contributed by atoms with E-state index in [9.17, 15) is 13.2 Å². The molecule has 1 aliphatic rings. The number of piperazine rings is 1. The standard InChI is InChI=1S/C23H31N3O4S/c1-25-13-15-26(16-14-25)22(20-6-4-3-5-7-20)12-17-31(28,29)24-18-19-8-10-21(11-9-19)23(27)30-2/h3-11,22,24H,12-18H2,1-2H3. The minimum atomic E-state index is -3.44. The number of carbonyl (C=O) groups is 1. The highest BCUT2D eigenvalue weighted by molar-refractivity contribution is 7.89. The summed E-state index contributed by atoms with van der Waals surface area (Å²) in [6, 6.07) is 16.9. The number of ether oxygens (including phenoxy) is 1. The molecule has 3 rings (SSSR count).